The summed E-state index contributed by atoms with van der Waals surface area (Å²) in [4.78, 5) is 54.2. The van der Waals surface area contributed by atoms with Crippen LogP contribution in [0.25, 0.3) is 0 Å². The Hall–Kier alpha value is -4.86. The molecule has 1 fully saturated rings. The van der Waals surface area contributed by atoms with Gasteiger partial charge in [-0.3, -0.25) is 9.59 Å². The van der Waals surface area contributed by atoms with E-state index in [-0.39, 0.29) is 13.0 Å². The van der Waals surface area contributed by atoms with Crippen molar-refractivity contribution in [3.63, 3.8) is 0 Å². The summed E-state index contributed by atoms with van der Waals surface area (Å²) in [5.41, 5.74) is 1.85. The first-order chi connectivity index (χ1) is 18.3. The number of amides is 4. The first-order valence-corrected chi connectivity index (χ1v) is 11.7. The second kappa shape index (κ2) is 11.5. The van der Waals surface area contributed by atoms with Crippen LogP contribution in [0.1, 0.15) is 22.3 Å². The Labute approximate surface area is 219 Å². The number of esters is 1. The van der Waals surface area contributed by atoms with E-state index in [1.807, 2.05) is 6.07 Å². The number of rotatable bonds is 9. The van der Waals surface area contributed by atoms with Crippen molar-refractivity contribution in [2.24, 2.45) is 0 Å². The van der Waals surface area contributed by atoms with Gasteiger partial charge in [0.25, 0.3) is 5.91 Å². The van der Waals surface area contributed by atoms with Gasteiger partial charge in [-0.15, -0.1) is 0 Å². The van der Waals surface area contributed by atoms with E-state index in [2.05, 4.69) is 10.1 Å². The second-order valence-electron chi connectivity index (χ2n) is 8.47. The van der Waals surface area contributed by atoms with E-state index in [9.17, 15) is 19.2 Å². The zero-order valence-electron chi connectivity index (χ0n) is 21.2. The molecule has 4 rings (SSSR count). The van der Waals surface area contributed by atoms with Gasteiger partial charge in [0.1, 0.15) is 17.5 Å². The van der Waals surface area contributed by atoms with Crippen molar-refractivity contribution in [1.82, 2.24) is 4.90 Å². The summed E-state index contributed by atoms with van der Waals surface area (Å²) in [5.74, 6) is -0.398. The fourth-order valence-electron chi connectivity index (χ4n) is 4.16. The number of ether oxygens (including phenoxy) is 3. The number of benzene rings is 3. The van der Waals surface area contributed by atoms with Gasteiger partial charge in [0, 0.05) is 18.3 Å². The molecular weight excluding hydrogens is 490 g/mol. The maximum atomic E-state index is 13.5. The second-order valence-corrected chi connectivity index (χ2v) is 8.47. The predicted molar refractivity (Wildman–Crippen MR) is 139 cm³/mol. The van der Waals surface area contributed by atoms with Crippen LogP contribution in [0.3, 0.4) is 0 Å². The van der Waals surface area contributed by atoms with Crippen molar-refractivity contribution in [1.29, 1.82) is 0 Å². The molecule has 1 saturated heterocycles. The minimum Gasteiger partial charge on any atom is -0.497 e. The molecule has 0 radical (unpaired) electrons. The average molecular weight is 518 g/mol. The Morgan fingerprint density at radius 3 is 2.18 bits per heavy atom. The Balaban J connectivity index is 1.59. The summed E-state index contributed by atoms with van der Waals surface area (Å²) in [7, 11) is 4.32. The third-order valence-corrected chi connectivity index (χ3v) is 6.09. The lowest BCUT2D eigenvalue weighted by Crippen LogP contribution is -2.37. The highest BCUT2D eigenvalue weighted by Crippen LogP contribution is 2.31. The highest BCUT2D eigenvalue weighted by Gasteiger charge is 2.46. The van der Waals surface area contributed by atoms with Crippen LogP contribution in [0.4, 0.5) is 16.2 Å². The molecular formula is C28H27N3O7. The normalized spacial score (nSPS) is 14.9. The van der Waals surface area contributed by atoms with Gasteiger partial charge in [0.15, 0.2) is 0 Å². The van der Waals surface area contributed by atoms with Crippen LogP contribution in [0.15, 0.2) is 72.8 Å². The molecule has 0 bridgehead atoms. The molecule has 1 heterocycles. The van der Waals surface area contributed by atoms with E-state index in [1.54, 1.807) is 61.7 Å². The highest BCUT2D eigenvalue weighted by atomic mass is 16.5. The van der Waals surface area contributed by atoms with Crippen molar-refractivity contribution in [3.05, 3.63) is 83.9 Å². The molecule has 4 amide bonds. The maximum Gasteiger partial charge on any atom is 0.337 e. The van der Waals surface area contributed by atoms with E-state index in [0.29, 0.717) is 28.4 Å². The number of carbonyl (C=O) groups excluding carboxylic acids is 4. The number of nitrogens with zero attached hydrogens (tertiary/aromatic N) is 2. The summed E-state index contributed by atoms with van der Waals surface area (Å²) < 4.78 is 15.2. The lowest BCUT2D eigenvalue weighted by atomic mass is 10.1. The van der Waals surface area contributed by atoms with E-state index < -0.39 is 29.9 Å². The van der Waals surface area contributed by atoms with E-state index in [0.717, 1.165) is 10.5 Å². The van der Waals surface area contributed by atoms with Crippen LogP contribution in [-0.2, 0) is 20.9 Å². The first kappa shape index (κ1) is 26.2. The summed E-state index contributed by atoms with van der Waals surface area (Å²) in [5, 5.41) is 2.72. The third-order valence-electron chi connectivity index (χ3n) is 6.09. The molecule has 196 valence electrons. The van der Waals surface area contributed by atoms with E-state index >= 15 is 0 Å². The fraction of sp³-hybridized carbons (Fsp3) is 0.214. The van der Waals surface area contributed by atoms with E-state index in [4.69, 9.17) is 9.47 Å². The van der Waals surface area contributed by atoms with Gasteiger partial charge >= 0.3 is 12.0 Å². The first-order valence-electron chi connectivity index (χ1n) is 11.7. The Morgan fingerprint density at radius 1 is 0.868 bits per heavy atom. The topological polar surface area (TPSA) is 114 Å². The zero-order valence-corrected chi connectivity index (χ0v) is 21.2. The monoisotopic (exact) mass is 517 g/mol. The van der Waals surface area contributed by atoms with Crippen molar-refractivity contribution in [2.45, 2.75) is 19.0 Å². The van der Waals surface area contributed by atoms with Gasteiger partial charge in [0.2, 0.25) is 5.91 Å². The van der Waals surface area contributed by atoms with Gasteiger partial charge in [-0.1, -0.05) is 18.2 Å². The van der Waals surface area contributed by atoms with Crippen LogP contribution in [0, 0.1) is 0 Å². The highest BCUT2D eigenvalue weighted by molar-refractivity contribution is 6.22. The molecule has 1 atom stereocenters. The van der Waals surface area contributed by atoms with E-state index in [1.165, 1.54) is 31.3 Å². The number of methoxy groups -OCH3 is 3. The number of hydrogen-bond acceptors (Lipinski definition) is 7. The average Bonchev–Trinajstić information content (AvgIpc) is 3.16. The van der Waals surface area contributed by atoms with Crippen molar-refractivity contribution < 1.29 is 33.4 Å². The number of anilines is 2. The Bertz CT molecular complexity index is 1360. The molecule has 0 aliphatic carbocycles. The summed E-state index contributed by atoms with van der Waals surface area (Å²) in [6.07, 6.45) is -0.270. The number of hydrogen-bond donors (Lipinski definition) is 1. The molecule has 1 N–H and O–H groups in total. The molecule has 3 aromatic carbocycles. The molecule has 0 spiro atoms. The van der Waals surface area contributed by atoms with Gasteiger partial charge in [-0.05, 0) is 54.1 Å². The number of imide groups is 1. The quantitative estimate of drug-likeness (QED) is 0.339. The van der Waals surface area contributed by atoms with Gasteiger partial charge in [0.05, 0.1) is 39.0 Å². The van der Waals surface area contributed by atoms with Crippen LogP contribution >= 0.6 is 0 Å². The minimum absolute atomic E-state index is 0.0913. The smallest absolute Gasteiger partial charge is 0.337 e. The summed E-state index contributed by atoms with van der Waals surface area (Å²) >= 11 is 0. The van der Waals surface area contributed by atoms with Crippen LogP contribution in [0.5, 0.6) is 11.5 Å². The lowest BCUT2D eigenvalue weighted by Gasteiger charge is -2.22. The van der Waals surface area contributed by atoms with Crippen molar-refractivity contribution in [3.8, 4) is 11.5 Å². The van der Waals surface area contributed by atoms with Crippen LogP contribution in [-0.4, -0.2) is 56.1 Å². The van der Waals surface area contributed by atoms with Crippen molar-refractivity contribution >= 4 is 35.2 Å². The molecule has 0 saturated carbocycles. The zero-order chi connectivity index (χ0) is 27.2. The third kappa shape index (κ3) is 5.59. The largest absolute Gasteiger partial charge is 0.497 e. The molecule has 1 aliphatic heterocycles. The number of urea groups is 1. The summed E-state index contributed by atoms with van der Waals surface area (Å²) in [6.45, 7) is 0.0913. The van der Waals surface area contributed by atoms with Gasteiger partial charge < -0.3 is 24.4 Å². The molecule has 38 heavy (non-hydrogen) atoms. The van der Waals surface area contributed by atoms with Gasteiger partial charge in [-0.25, -0.2) is 14.5 Å². The molecule has 1 aliphatic rings. The van der Waals surface area contributed by atoms with Crippen LogP contribution < -0.4 is 19.7 Å². The fourth-order valence-corrected chi connectivity index (χ4v) is 4.16. The SMILES string of the molecule is COC(=O)c1ccc(NC(=O)C[C@@H]2C(=O)N(c3cccc(OC)c3)C(=O)N2Cc2cccc(OC)c2)cc1. The minimum atomic E-state index is -1.05. The van der Waals surface area contributed by atoms with Gasteiger partial charge in [-0.2, -0.15) is 0 Å². The predicted octanol–water partition coefficient (Wildman–Crippen LogP) is 3.86. The standard InChI is InChI=1S/C28H27N3O7/c1-36-22-8-4-6-18(14-22)17-30-24(16-25(32)29-20-12-10-19(11-13-20)27(34)38-3)26(33)31(28(30)35)21-7-5-9-23(15-21)37-2/h4-15,24H,16-17H2,1-3H3,(H,29,32)/t24-/m1/s1. The molecule has 0 aromatic heterocycles. The van der Waals surface area contributed by atoms with Crippen molar-refractivity contribution in [2.75, 3.05) is 31.5 Å². The maximum absolute atomic E-state index is 13.5. The lowest BCUT2D eigenvalue weighted by molar-refractivity contribution is -0.124. The Kier molecular flexibility index (Phi) is 7.91. The molecule has 10 nitrogen and oxygen atoms in total. The molecule has 3 aromatic rings. The summed E-state index contributed by atoms with van der Waals surface area (Å²) in [6, 6.07) is 18.3. The Morgan fingerprint density at radius 2 is 1.53 bits per heavy atom. The van der Waals surface area contributed by atoms with Crippen LogP contribution in [0.2, 0.25) is 0 Å². The number of nitrogens with one attached hydrogen (secondary N) is 1. The number of carbonyl (C=O) groups is 4. The molecule has 0 unspecified atom stereocenters. The molecule has 10 heteroatoms.